The lowest BCUT2D eigenvalue weighted by Gasteiger charge is -2.22. The van der Waals surface area contributed by atoms with Crippen LogP contribution in [0.2, 0.25) is 0 Å². The number of ketones is 1. The van der Waals surface area contributed by atoms with E-state index in [1.807, 2.05) is 55.7 Å². The van der Waals surface area contributed by atoms with E-state index in [0.29, 0.717) is 62.4 Å². The molecule has 0 aliphatic rings. The molecule has 0 radical (unpaired) electrons. The number of aromatic nitrogens is 1. The minimum atomic E-state index is -0.434. The lowest BCUT2D eigenvalue weighted by molar-refractivity contribution is -0.130. The van der Waals surface area contributed by atoms with E-state index in [9.17, 15) is 14.4 Å². The van der Waals surface area contributed by atoms with Crippen LogP contribution in [0.3, 0.4) is 0 Å². The number of carbonyl (C=O) groups is 3. The highest BCUT2D eigenvalue weighted by Gasteiger charge is 2.28. The maximum absolute atomic E-state index is 13.4. The monoisotopic (exact) mass is 470 g/mol. The Hall–Kier alpha value is -2.93. The number of aryl methyl sites for hydroxylation is 1. The molecule has 0 unspecified atom stereocenters. The van der Waals surface area contributed by atoms with E-state index in [0.717, 1.165) is 11.3 Å². The quantitative estimate of drug-likeness (QED) is 0.233. The van der Waals surface area contributed by atoms with E-state index in [2.05, 4.69) is 0 Å². The van der Waals surface area contributed by atoms with Crippen LogP contribution in [0.15, 0.2) is 30.3 Å². The van der Waals surface area contributed by atoms with E-state index < -0.39 is 5.97 Å². The maximum atomic E-state index is 13.4. The molecule has 0 aliphatic carbocycles. The highest BCUT2D eigenvalue weighted by atomic mass is 16.5. The van der Waals surface area contributed by atoms with Gasteiger partial charge in [0.1, 0.15) is 5.69 Å². The fourth-order valence-electron chi connectivity index (χ4n) is 4.26. The van der Waals surface area contributed by atoms with Crippen LogP contribution in [-0.2, 0) is 27.2 Å². The molecule has 1 amide bonds. The second kappa shape index (κ2) is 13.7. The Morgan fingerprint density at radius 1 is 1.00 bits per heavy atom. The zero-order chi connectivity index (χ0) is 25.1. The van der Waals surface area contributed by atoms with E-state index >= 15 is 0 Å². The van der Waals surface area contributed by atoms with Crippen LogP contribution in [0, 0.1) is 13.8 Å². The van der Waals surface area contributed by atoms with Gasteiger partial charge in [-0.05, 0) is 58.6 Å². The SMILES string of the molecule is CCOCCCN(CC(=O)c1c(C)c(C(=O)OCC)n(CC)c1C)C(=O)CCc1ccccc1. The van der Waals surface area contributed by atoms with Crippen molar-refractivity contribution in [2.75, 3.05) is 32.9 Å². The molecule has 186 valence electrons. The normalized spacial score (nSPS) is 10.9. The minimum Gasteiger partial charge on any atom is -0.461 e. The van der Waals surface area contributed by atoms with Gasteiger partial charge in [-0.15, -0.1) is 0 Å². The van der Waals surface area contributed by atoms with Crippen molar-refractivity contribution in [1.29, 1.82) is 0 Å². The van der Waals surface area contributed by atoms with Gasteiger partial charge in [-0.25, -0.2) is 4.79 Å². The predicted octanol–water partition coefficient (Wildman–Crippen LogP) is 4.37. The Morgan fingerprint density at radius 2 is 1.71 bits per heavy atom. The Morgan fingerprint density at radius 3 is 2.32 bits per heavy atom. The van der Waals surface area contributed by atoms with Gasteiger partial charge in [0.15, 0.2) is 5.78 Å². The average molecular weight is 471 g/mol. The zero-order valence-electron chi connectivity index (χ0n) is 21.2. The molecule has 0 saturated carbocycles. The number of amides is 1. The molecule has 1 aromatic heterocycles. The molecule has 7 heteroatoms. The van der Waals surface area contributed by atoms with Crippen LogP contribution in [0.1, 0.15) is 71.3 Å². The maximum Gasteiger partial charge on any atom is 0.355 e. The first-order chi connectivity index (χ1) is 16.3. The number of hydrogen-bond acceptors (Lipinski definition) is 5. The van der Waals surface area contributed by atoms with Crippen LogP contribution in [-0.4, -0.2) is 60.0 Å². The second-order valence-corrected chi connectivity index (χ2v) is 8.17. The van der Waals surface area contributed by atoms with Gasteiger partial charge in [0.2, 0.25) is 5.91 Å². The summed E-state index contributed by atoms with van der Waals surface area (Å²) < 4.78 is 12.5. The molecule has 0 aliphatic heterocycles. The molecule has 0 atom stereocenters. The molecule has 0 saturated heterocycles. The first-order valence-corrected chi connectivity index (χ1v) is 12.1. The highest BCUT2D eigenvalue weighted by Crippen LogP contribution is 2.24. The Bertz CT molecular complexity index is 965. The van der Waals surface area contributed by atoms with Crippen molar-refractivity contribution in [2.24, 2.45) is 0 Å². The number of rotatable bonds is 14. The molecule has 0 N–H and O–H groups in total. The van der Waals surface area contributed by atoms with Gasteiger partial charge in [0.05, 0.1) is 13.2 Å². The topological polar surface area (TPSA) is 77.8 Å². The largest absolute Gasteiger partial charge is 0.461 e. The van der Waals surface area contributed by atoms with Crippen molar-refractivity contribution in [3.63, 3.8) is 0 Å². The summed E-state index contributed by atoms with van der Waals surface area (Å²) in [6, 6.07) is 9.84. The van der Waals surface area contributed by atoms with Crippen molar-refractivity contribution in [3.8, 4) is 0 Å². The molecule has 7 nitrogen and oxygen atoms in total. The molecule has 2 rings (SSSR count). The second-order valence-electron chi connectivity index (χ2n) is 8.17. The fraction of sp³-hybridized carbons (Fsp3) is 0.519. The summed E-state index contributed by atoms with van der Waals surface area (Å²) >= 11 is 0. The number of carbonyl (C=O) groups excluding carboxylic acids is 3. The third-order valence-electron chi connectivity index (χ3n) is 5.91. The number of hydrogen-bond donors (Lipinski definition) is 0. The molecule has 1 aromatic carbocycles. The number of esters is 1. The smallest absolute Gasteiger partial charge is 0.355 e. The van der Waals surface area contributed by atoms with Gasteiger partial charge in [0.25, 0.3) is 0 Å². The average Bonchev–Trinajstić information content (AvgIpc) is 3.09. The van der Waals surface area contributed by atoms with E-state index in [-0.39, 0.29) is 24.8 Å². The summed E-state index contributed by atoms with van der Waals surface area (Å²) in [6.45, 7) is 11.6. The highest BCUT2D eigenvalue weighted by molar-refractivity contribution is 6.04. The van der Waals surface area contributed by atoms with Crippen molar-refractivity contribution in [1.82, 2.24) is 9.47 Å². The number of nitrogens with zero attached hydrogens (tertiary/aromatic N) is 2. The van der Waals surface area contributed by atoms with Crippen molar-refractivity contribution in [2.45, 2.75) is 60.4 Å². The molecule has 1 heterocycles. The van der Waals surface area contributed by atoms with Crippen LogP contribution in [0.4, 0.5) is 0 Å². The van der Waals surface area contributed by atoms with Crippen LogP contribution in [0.5, 0.6) is 0 Å². The summed E-state index contributed by atoms with van der Waals surface area (Å²) in [7, 11) is 0. The van der Waals surface area contributed by atoms with Crippen LogP contribution >= 0.6 is 0 Å². The molecular formula is C27H38N2O5. The summed E-state index contributed by atoms with van der Waals surface area (Å²) in [5.41, 5.74) is 3.31. The van der Waals surface area contributed by atoms with Gasteiger partial charge in [0, 0.05) is 44.0 Å². The van der Waals surface area contributed by atoms with Gasteiger partial charge >= 0.3 is 5.97 Å². The van der Waals surface area contributed by atoms with Gasteiger partial charge in [-0.3, -0.25) is 9.59 Å². The number of benzene rings is 1. The molecule has 0 spiro atoms. The Labute approximate surface area is 203 Å². The first-order valence-electron chi connectivity index (χ1n) is 12.1. The lowest BCUT2D eigenvalue weighted by Crippen LogP contribution is -2.37. The lowest BCUT2D eigenvalue weighted by atomic mass is 10.0. The van der Waals surface area contributed by atoms with Crippen LogP contribution in [0.25, 0.3) is 0 Å². The third-order valence-corrected chi connectivity index (χ3v) is 5.91. The third kappa shape index (κ3) is 7.03. The zero-order valence-corrected chi connectivity index (χ0v) is 21.2. The molecule has 0 bridgehead atoms. The van der Waals surface area contributed by atoms with E-state index in [1.165, 1.54) is 0 Å². The van der Waals surface area contributed by atoms with Crippen molar-refractivity contribution in [3.05, 3.63) is 58.4 Å². The molecule has 34 heavy (non-hydrogen) atoms. The van der Waals surface area contributed by atoms with Gasteiger partial charge in [-0.2, -0.15) is 0 Å². The van der Waals surface area contributed by atoms with Crippen LogP contribution < -0.4 is 0 Å². The van der Waals surface area contributed by atoms with E-state index in [4.69, 9.17) is 9.47 Å². The number of Topliss-reactive ketones (excluding diaryl/α,β-unsaturated/α-hetero) is 1. The minimum absolute atomic E-state index is 0.0303. The molecule has 2 aromatic rings. The van der Waals surface area contributed by atoms with Crippen molar-refractivity contribution < 1.29 is 23.9 Å². The number of ether oxygens (including phenoxy) is 2. The summed E-state index contributed by atoms with van der Waals surface area (Å²) in [5, 5.41) is 0. The van der Waals surface area contributed by atoms with Crippen molar-refractivity contribution >= 4 is 17.7 Å². The summed E-state index contributed by atoms with van der Waals surface area (Å²) in [6.07, 6.45) is 1.60. The fourth-order valence-corrected chi connectivity index (χ4v) is 4.26. The summed E-state index contributed by atoms with van der Waals surface area (Å²) in [5.74, 6) is -0.668. The first kappa shape index (κ1) is 27.3. The molecular weight excluding hydrogens is 432 g/mol. The van der Waals surface area contributed by atoms with E-state index in [1.54, 1.807) is 18.7 Å². The standard InChI is InChI=1S/C27H38N2O5/c1-6-29-21(5)25(20(4)26(29)27(32)34-8-3)23(30)19-28(17-12-18-33-7-2)24(31)16-15-22-13-10-9-11-14-22/h9-11,13-14H,6-8,12,15-19H2,1-5H3. The summed E-state index contributed by atoms with van der Waals surface area (Å²) in [4.78, 5) is 40.7. The van der Waals surface area contributed by atoms with Gasteiger partial charge < -0.3 is 18.9 Å². The molecule has 0 fully saturated rings. The Balaban J connectivity index is 2.23. The Kier molecular flexibility index (Phi) is 11.0. The van der Waals surface area contributed by atoms with Gasteiger partial charge in [-0.1, -0.05) is 30.3 Å². The predicted molar refractivity (Wildman–Crippen MR) is 132 cm³/mol.